The average Bonchev–Trinajstić information content (AvgIpc) is 2.38. The number of nitrogen functional groups attached to an aromatic ring is 1. The quantitative estimate of drug-likeness (QED) is 0.775. The summed E-state index contributed by atoms with van der Waals surface area (Å²) in [5.41, 5.74) is 6.51. The highest BCUT2D eigenvalue weighted by Gasteiger charge is 2.17. The molecule has 1 aromatic carbocycles. The molecule has 1 amide bonds. The van der Waals surface area contributed by atoms with Crippen LogP contribution in [-0.4, -0.2) is 25.2 Å². The number of anilines is 2. The lowest BCUT2D eigenvalue weighted by Crippen LogP contribution is -2.29. The van der Waals surface area contributed by atoms with Gasteiger partial charge in [0.05, 0.1) is 18.4 Å². The maximum atomic E-state index is 11.8. The fourth-order valence-corrected chi connectivity index (χ4v) is 1.36. The van der Waals surface area contributed by atoms with Crippen molar-refractivity contribution in [3.05, 3.63) is 18.2 Å². The zero-order chi connectivity index (χ0) is 14.5. The molecular formula is C14H22N2O3. The number of carbonyl (C=O) groups excluding carboxylic acids is 1. The van der Waals surface area contributed by atoms with Crippen molar-refractivity contribution in [2.24, 2.45) is 0 Å². The first-order valence-electron chi connectivity index (χ1n) is 6.25. The summed E-state index contributed by atoms with van der Waals surface area (Å²) in [6, 6.07) is 5.07. The van der Waals surface area contributed by atoms with Crippen molar-refractivity contribution in [3.63, 3.8) is 0 Å². The minimum absolute atomic E-state index is 0.00830. The first-order valence-corrected chi connectivity index (χ1v) is 6.25. The third-order valence-corrected chi connectivity index (χ3v) is 2.95. The number of nitrogens with two attached hydrogens (primary N) is 1. The van der Waals surface area contributed by atoms with Crippen LogP contribution in [-0.2, 0) is 9.53 Å². The van der Waals surface area contributed by atoms with Crippen molar-refractivity contribution in [1.29, 1.82) is 0 Å². The standard InChI is InChI=1S/C14H22N2O3/c1-5-14(2,3)19-9-13(17)16-11-7-6-10(15)8-12(11)18-4/h6-8H,5,9,15H2,1-4H3,(H,16,17). The molecule has 0 saturated carbocycles. The Hall–Kier alpha value is -1.75. The summed E-state index contributed by atoms with van der Waals surface area (Å²) < 4.78 is 10.7. The van der Waals surface area contributed by atoms with Gasteiger partial charge in [-0.3, -0.25) is 4.79 Å². The highest BCUT2D eigenvalue weighted by molar-refractivity contribution is 5.93. The first-order chi connectivity index (χ1) is 8.88. The Morgan fingerprint density at radius 2 is 2.11 bits per heavy atom. The second-order valence-electron chi connectivity index (χ2n) is 4.91. The molecule has 0 spiro atoms. The first kappa shape index (κ1) is 15.3. The Labute approximate surface area is 114 Å². The lowest BCUT2D eigenvalue weighted by atomic mass is 10.1. The van der Waals surface area contributed by atoms with E-state index in [0.29, 0.717) is 17.1 Å². The summed E-state index contributed by atoms with van der Waals surface area (Å²) in [6.45, 7) is 5.92. The third-order valence-electron chi connectivity index (χ3n) is 2.95. The van der Waals surface area contributed by atoms with Crippen molar-refractivity contribution in [2.45, 2.75) is 32.8 Å². The molecule has 19 heavy (non-hydrogen) atoms. The SMILES string of the molecule is CCC(C)(C)OCC(=O)Nc1ccc(N)cc1OC. The van der Waals surface area contributed by atoms with E-state index >= 15 is 0 Å². The molecule has 1 aromatic rings. The van der Waals surface area contributed by atoms with E-state index in [2.05, 4.69) is 5.32 Å². The molecule has 0 saturated heterocycles. The van der Waals surface area contributed by atoms with Gasteiger partial charge >= 0.3 is 0 Å². The number of benzene rings is 1. The minimum Gasteiger partial charge on any atom is -0.494 e. The van der Waals surface area contributed by atoms with Gasteiger partial charge in [-0.05, 0) is 32.4 Å². The molecule has 5 nitrogen and oxygen atoms in total. The number of amides is 1. The second kappa shape index (κ2) is 6.43. The van der Waals surface area contributed by atoms with Gasteiger partial charge in [0, 0.05) is 11.8 Å². The Kier molecular flexibility index (Phi) is 5.18. The van der Waals surface area contributed by atoms with Gasteiger partial charge in [-0.2, -0.15) is 0 Å². The number of nitrogens with one attached hydrogen (secondary N) is 1. The van der Waals surface area contributed by atoms with Crippen LogP contribution in [0.2, 0.25) is 0 Å². The van der Waals surface area contributed by atoms with Crippen LogP contribution < -0.4 is 15.8 Å². The van der Waals surface area contributed by atoms with Crippen molar-refractivity contribution in [2.75, 3.05) is 24.8 Å². The average molecular weight is 266 g/mol. The van der Waals surface area contributed by atoms with Crippen LogP contribution in [0.25, 0.3) is 0 Å². The van der Waals surface area contributed by atoms with Crippen molar-refractivity contribution < 1.29 is 14.3 Å². The van der Waals surface area contributed by atoms with Crippen molar-refractivity contribution in [1.82, 2.24) is 0 Å². The monoisotopic (exact) mass is 266 g/mol. The van der Waals surface area contributed by atoms with Crippen LogP contribution >= 0.6 is 0 Å². The number of carbonyl (C=O) groups is 1. The highest BCUT2D eigenvalue weighted by atomic mass is 16.5. The van der Waals surface area contributed by atoms with Gasteiger partial charge in [0.15, 0.2) is 0 Å². The van der Waals surface area contributed by atoms with Gasteiger partial charge in [-0.25, -0.2) is 0 Å². The van der Waals surface area contributed by atoms with E-state index in [0.717, 1.165) is 6.42 Å². The molecule has 0 heterocycles. The maximum absolute atomic E-state index is 11.8. The smallest absolute Gasteiger partial charge is 0.250 e. The molecule has 0 fully saturated rings. The summed E-state index contributed by atoms with van der Waals surface area (Å²) in [7, 11) is 1.53. The molecule has 106 valence electrons. The van der Waals surface area contributed by atoms with Gasteiger partial charge in [0.25, 0.3) is 0 Å². The highest BCUT2D eigenvalue weighted by Crippen LogP contribution is 2.26. The van der Waals surface area contributed by atoms with Crippen LogP contribution in [0.15, 0.2) is 18.2 Å². The Balaban J connectivity index is 2.62. The molecule has 0 unspecified atom stereocenters. The predicted octanol–water partition coefficient (Wildman–Crippen LogP) is 2.42. The number of hydrogen-bond acceptors (Lipinski definition) is 4. The molecule has 0 atom stereocenters. The van der Waals surface area contributed by atoms with Crippen LogP contribution in [0.1, 0.15) is 27.2 Å². The van der Waals surface area contributed by atoms with Gasteiger partial charge in [-0.15, -0.1) is 0 Å². The molecule has 5 heteroatoms. The fraction of sp³-hybridized carbons (Fsp3) is 0.500. The van der Waals surface area contributed by atoms with E-state index < -0.39 is 0 Å². The molecule has 1 rings (SSSR count). The van der Waals surface area contributed by atoms with E-state index in [1.54, 1.807) is 18.2 Å². The molecule has 0 aliphatic carbocycles. The van der Waals surface area contributed by atoms with E-state index in [1.165, 1.54) is 7.11 Å². The van der Waals surface area contributed by atoms with Crippen LogP contribution in [0, 0.1) is 0 Å². The van der Waals surface area contributed by atoms with Crippen LogP contribution in [0.4, 0.5) is 11.4 Å². The molecule has 0 aliphatic rings. The molecule has 0 aliphatic heterocycles. The third kappa shape index (κ3) is 4.79. The Morgan fingerprint density at radius 1 is 1.42 bits per heavy atom. The summed E-state index contributed by atoms with van der Waals surface area (Å²) in [5, 5.41) is 2.74. The number of hydrogen-bond donors (Lipinski definition) is 2. The summed E-state index contributed by atoms with van der Waals surface area (Å²) in [5.74, 6) is 0.313. The molecular weight excluding hydrogens is 244 g/mol. The normalized spacial score (nSPS) is 11.2. The van der Waals surface area contributed by atoms with Gasteiger partial charge in [0.2, 0.25) is 5.91 Å². The van der Waals surface area contributed by atoms with E-state index in [-0.39, 0.29) is 18.1 Å². The predicted molar refractivity (Wildman–Crippen MR) is 76.4 cm³/mol. The largest absolute Gasteiger partial charge is 0.494 e. The summed E-state index contributed by atoms with van der Waals surface area (Å²) in [6.07, 6.45) is 0.839. The number of methoxy groups -OCH3 is 1. The van der Waals surface area contributed by atoms with Gasteiger partial charge < -0.3 is 20.5 Å². The maximum Gasteiger partial charge on any atom is 0.250 e. The van der Waals surface area contributed by atoms with E-state index in [4.69, 9.17) is 15.2 Å². The van der Waals surface area contributed by atoms with E-state index in [1.807, 2.05) is 20.8 Å². The summed E-state index contributed by atoms with van der Waals surface area (Å²) in [4.78, 5) is 11.8. The van der Waals surface area contributed by atoms with Crippen molar-refractivity contribution in [3.8, 4) is 5.75 Å². The number of ether oxygens (including phenoxy) is 2. The molecule has 0 radical (unpaired) electrons. The van der Waals surface area contributed by atoms with E-state index in [9.17, 15) is 4.79 Å². The van der Waals surface area contributed by atoms with Gasteiger partial charge in [0.1, 0.15) is 12.4 Å². The second-order valence-corrected chi connectivity index (χ2v) is 4.91. The Morgan fingerprint density at radius 3 is 2.68 bits per heavy atom. The van der Waals surface area contributed by atoms with Crippen molar-refractivity contribution >= 4 is 17.3 Å². The lowest BCUT2D eigenvalue weighted by Gasteiger charge is -2.23. The van der Waals surface area contributed by atoms with Gasteiger partial charge in [-0.1, -0.05) is 6.92 Å². The summed E-state index contributed by atoms with van der Waals surface area (Å²) >= 11 is 0. The van der Waals surface area contributed by atoms with Crippen LogP contribution in [0.5, 0.6) is 5.75 Å². The van der Waals surface area contributed by atoms with Crippen LogP contribution in [0.3, 0.4) is 0 Å². The topological polar surface area (TPSA) is 73.6 Å². The molecule has 3 N–H and O–H groups in total. The zero-order valence-corrected chi connectivity index (χ0v) is 11.9. The Bertz CT molecular complexity index is 444. The molecule has 0 aromatic heterocycles. The molecule has 0 bridgehead atoms. The minimum atomic E-state index is -0.303. The zero-order valence-electron chi connectivity index (χ0n) is 11.9. The number of rotatable bonds is 6. The fourth-order valence-electron chi connectivity index (χ4n) is 1.36. The lowest BCUT2D eigenvalue weighted by molar-refractivity contribution is -0.126.